The van der Waals surface area contributed by atoms with Crippen molar-refractivity contribution >= 4 is 35.0 Å². The maximum Gasteiger partial charge on any atom is 0.233 e. The molecule has 20 heavy (non-hydrogen) atoms. The number of nitrogens with one attached hydrogen (secondary N) is 1. The van der Waals surface area contributed by atoms with Gasteiger partial charge < -0.3 is 15.5 Å². The predicted octanol–water partition coefficient (Wildman–Crippen LogP) is 3.31. The molecule has 1 atom stereocenters. The molecule has 0 fully saturated rings. The number of rotatable bonds is 5. The fourth-order valence-electron chi connectivity index (χ4n) is 1.57. The molecule has 106 valence electrons. The molecule has 1 heterocycles. The van der Waals surface area contributed by atoms with Crippen LogP contribution in [-0.2, 0) is 11.3 Å². The number of thioether (sulfide) groups is 1. The number of hydrogen-bond donors (Lipinski definition) is 2. The molecule has 1 aromatic carbocycles. The molecule has 0 bridgehead atoms. The van der Waals surface area contributed by atoms with E-state index >= 15 is 0 Å². The number of furan rings is 1. The van der Waals surface area contributed by atoms with E-state index in [-0.39, 0.29) is 11.2 Å². The Morgan fingerprint density at radius 2 is 2.30 bits per heavy atom. The first-order chi connectivity index (χ1) is 9.56. The number of nitrogen functional groups attached to an aromatic ring is 1. The number of nitrogens with two attached hydrogens (primary N) is 1. The quantitative estimate of drug-likeness (QED) is 0.656. The Morgan fingerprint density at radius 1 is 1.50 bits per heavy atom. The van der Waals surface area contributed by atoms with E-state index in [2.05, 4.69) is 5.32 Å². The van der Waals surface area contributed by atoms with E-state index < -0.39 is 0 Å². The standard InChI is InChI=1S/C14H15ClN2O2S/c1-9(14(18)17-8-10-3-2-6-19-10)20-11-4-5-13(16)12(15)7-11/h2-7,9H,8,16H2,1H3,(H,17,18). The van der Waals surface area contributed by atoms with E-state index in [1.165, 1.54) is 11.8 Å². The van der Waals surface area contributed by atoms with E-state index in [0.717, 1.165) is 10.7 Å². The monoisotopic (exact) mass is 310 g/mol. The average molecular weight is 311 g/mol. The third-order valence-electron chi connectivity index (χ3n) is 2.67. The Balaban J connectivity index is 1.88. The fraction of sp³-hybridized carbons (Fsp3) is 0.214. The van der Waals surface area contributed by atoms with Crippen LogP contribution in [0.3, 0.4) is 0 Å². The number of carbonyl (C=O) groups is 1. The van der Waals surface area contributed by atoms with Crippen LogP contribution in [0.5, 0.6) is 0 Å². The van der Waals surface area contributed by atoms with Crippen molar-refractivity contribution in [1.29, 1.82) is 0 Å². The van der Waals surface area contributed by atoms with Gasteiger partial charge in [0.05, 0.1) is 28.8 Å². The summed E-state index contributed by atoms with van der Waals surface area (Å²) in [6, 6.07) is 8.95. The molecule has 6 heteroatoms. The molecule has 0 aliphatic heterocycles. The van der Waals surface area contributed by atoms with Gasteiger partial charge in [0.1, 0.15) is 5.76 Å². The second-order valence-electron chi connectivity index (χ2n) is 4.24. The van der Waals surface area contributed by atoms with Crippen LogP contribution in [0.2, 0.25) is 5.02 Å². The van der Waals surface area contributed by atoms with Crippen LogP contribution >= 0.6 is 23.4 Å². The van der Waals surface area contributed by atoms with Crippen molar-refractivity contribution in [3.05, 3.63) is 47.4 Å². The van der Waals surface area contributed by atoms with Gasteiger partial charge in [0, 0.05) is 4.90 Å². The molecule has 0 saturated carbocycles. The highest BCUT2D eigenvalue weighted by Gasteiger charge is 2.14. The Labute approximate surface area is 126 Å². The van der Waals surface area contributed by atoms with Crippen molar-refractivity contribution in [2.45, 2.75) is 23.6 Å². The summed E-state index contributed by atoms with van der Waals surface area (Å²) in [7, 11) is 0. The molecule has 0 aliphatic rings. The summed E-state index contributed by atoms with van der Waals surface area (Å²) in [5, 5.41) is 3.09. The Bertz CT molecular complexity index is 587. The number of carbonyl (C=O) groups excluding carboxylic acids is 1. The van der Waals surface area contributed by atoms with Crippen molar-refractivity contribution in [3.63, 3.8) is 0 Å². The molecule has 0 aliphatic carbocycles. The molecule has 0 radical (unpaired) electrons. The van der Waals surface area contributed by atoms with Crippen LogP contribution in [0.25, 0.3) is 0 Å². The minimum Gasteiger partial charge on any atom is -0.467 e. The lowest BCUT2D eigenvalue weighted by atomic mass is 10.3. The molecule has 2 aromatic rings. The van der Waals surface area contributed by atoms with Gasteiger partial charge >= 0.3 is 0 Å². The molecule has 2 rings (SSSR count). The van der Waals surface area contributed by atoms with E-state index in [4.69, 9.17) is 21.8 Å². The SMILES string of the molecule is CC(Sc1ccc(N)c(Cl)c1)C(=O)NCc1ccco1. The van der Waals surface area contributed by atoms with Gasteiger partial charge in [-0.2, -0.15) is 0 Å². The first kappa shape index (κ1) is 14.8. The van der Waals surface area contributed by atoms with Crippen LogP contribution in [0.15, 0.2) is 45.9 Å². The lowest BCUT2D eigenvalue weighted by Gasteiger charge is -2.11. The van der Waals surface area contributed by atoms with Crippen LogP contribution < -0.4 is 11.1 Å². The second kappa shape index (κ2) is 6.72. The van der Waals surface area contributed by atoms with E-state index in [1.807, 2.05) is 19.1 Å². The van der Waals surface area contributed by atoms with Crippen LogP contribution in [-0.4, -0.2) is 11.2 Å². The van der Waals surface area contributed by atoms with Gasteiger partial charge in [0.15, 0.2) is 0 Å². The van der Waals surface area contributed by atoms with Gasteiger partial charge in [-0.15, -0.1) is 11.8 Å². The second-order valence-corrected chi connectivity index (χ2v) is 6.06. The summed E-state index contributed by atoms with van der Waals surface area (Å²) < 4.78 is 5.16. The molecule has 0 spiro atoms. The number of benzene rings is 1. The van der Waals surface area contributed by atoms with E-state index in [9.17, 15) is 4.79 Å². The zero-order chi connectivity index (χ0) is 14.5. The Morgan fingerprint density at radius 3 is 2.95 bits per heavy atom. The van der Waals surface area contributed by atoms with Crippen molar-refractivity contribution < 1.29 is 9.21 Å². The van der Waals surface area contributed by atoms with Crippen molar-refractivity contribution in [2.75, 3.05) is 5.73 Å². The predicted molar refractivity (Wildman–Crippen MR) is 81.7 cm³/mol. The summed E-state index contributed by atoms with van der Waals surface area (Å²) in [4.78, 5) is 12.9. The smallest absolute Gasteiger partial charge is 0.233 e. The molecule has 0 saturated heterocycles. The molecule has 3 N–H and O–H groups in total. The van der Waals surface area contributed by atoms with Crippen LogP contribution in [0.4, 0.5) is 5.69 Å². The number of amides is 1. The minimum atomic E-state index is -0.232. The summed E-state index contributed by atoms with van der Waals surface area (Å²) in [5.41, 5.74) is 6.18. The minimum absolute atomic E-state index is 0.0562. The van der Waals surface area contributed by atoms with Gasteiger partial charge in [0.2, 0.25) is 5.91 Å². The third kappa shape index (κ3) is 3.95. The van der Waals surface area contributed by atoms with Gasteiger partial charge in [0.25, 0.3) is 0 Å². The van der Waals surface area contributed by atoms with Gasteiger partial charge in [-0.3, -0.25) is 4.79 Å². The molecule has 1 amide bonds. The summed E-state index contributed by atoms with van der Waals surface area (Å²) in [6.07, 6.45) is 1.58. The first-order valence-electron chi connectivity index (χ1n) is 6.08. The molecule has 1 aromatic heterocycles. The number of hydrogen-bond acceptors (Lipinski definition) is 4. The lowest BCUT2D eigenvalue weighted by Crippen LogP contribution is -2.30. The summed E-state index contributed by atoms with van der Waals surface area (Å²) in [5.74, 6) is 0.672. The van der Waals surface area contributed by atoms with E-state index in [1.54, 1.807) is 24.5 Å². The third-order valence-corrected chi connectivity index (χ3v) is 4.09. The number of anilines is 1. The van der Waals surface area contributed by atoms with E-state index in [0.29, 0.717) is 17.3 Å². The Kier molecular flexibility index (Phi) is 4.98. The number of halogens is 1. The summed E-state index contributed by atoms with van der Waals surface area (Å²) >= 11 is 7.38. The summed E-state index contributed by atoms with van der Waals surface area (Å²) in [6.45, 7) is 2.23. The van der Waals surface area contributed by atoms with Crippen molar-refractivity contribution in [1.82, 2.24) is 5.32 Å². The molecule has 1 unspecified atom stereocenters. The maximum absolute atomic E-state index is 12.0. The highest BCUT2D eigenvalue weighted by atomic mass is 35.5. The van der Waals surface area contributed by atoms with Gasteiger partial charge in [-0.25, -0.2) is 0 Å². The highest BCUT2D eigenvalue weighted by Crippen LogP contribution is 2.29. The van der Waals surface area contributed by atoms with Crippen LogP contribution in [0.1, 0.15) is 12.7 Å². The van der Waals surface area contributed by atoms with Crippen molar-refractivity contribution in [2.24, 2.45) is 0 Å². The molecule has 4 nitrogen and oxygen atoms in total. The van der Waals surface area contributed by atoms with Crippen LogP contribution in [0, 0.1) is 0 Å². The molecular weight excluding hydrogens is 296 g/mol. The normalized spacial score (nSPS) is 12.1. The fourth-order valence-corrected chi connectivity index (χ4v) is 2.75. The zero-order valence-corrected chi connectivity index (χ0v) is 12.5. The van der Waals surface area contributed by atoms with Crippen molar-refractivity contribution in [3.8, 4) is 0 Å². The molecular formula is C14H15ClN2O2S. The maximum atomic E-state index is 12.0. The largest absolute Gasteiger partial charge is 0.467 e. The van der Waals surface area contributed by atoms with Gasteiger partial charge in [-0.1, -0.05) is 11.6 Å². The van der Waals surface area contributed by atoms with Gasteiger partial charge in [-0.05, 0) is 37.3 Å². The lowest BCUT2D eigenvalue weighted by molar-refractivity contribution is -0.120. The Hall–Kier alpha value is -1.59. The average Bonchev–Trinajstić information content (AvgIpc) is 2.93. The highest BCUT2D eigenvalue weighted by molar-refractivity contribution is 8.00. The topological polar surface area (TPSA) is 68.3 Å². The first-order valence-corrected chi connectivity index (χ1v) is 7.34. The zero-order valence-electron chi connectivity index (χ0n) is 10.9.